The summed E-state index contributed by atoms with van der Waals surface area (Å²) >= 11 is 0. The van der Waals surface area contributed by atoms with Crippen LogP contribution >= 0.6 is 0 Å². The SMILES string of the molecule is CCn1ccnc1C1(C(=O)O)CCC(O)CC1. The van der Waals surface area contributed by atoms with Crippen LogP contribution in [0.3, 0.4) is 0 Å². The molecule has 0 aliphatic heterocycles. The van der Waals surface area contributed by atoms with Crippen molar-refractivity contribution in [2.45, 2.75) is 50.7 Å². The summed E-state index contributed by atoms with van der Waals surface area (Å²) in [7, 11) is 0. The van der Waals surface area contributed by atoms with E-state index < -0.39 is 11.4 Å². The highest BCUT2D eigenvalue weighted by Crippen LogP contribution is 2.39. The highest BCUT2D eigenvalue weighted by Gasteiger charge is 2.46. The number of carboxylic acids is 1. The Kier molecular flexibility index (Phi) is 3.19. The van der Waals surface area contributed by atoms with Gasteiger partial charge in [0.15, 0.2) is 0 Å². The second-order valence-electron chi connectivity index (χ2n) is 4.66. The van der Waals surface area contributed by atoms with Crippen LogP contribution in [0.25, 0.3) is 0 Å². The van der Waals surface area contributed by atoms with Crippen molar-refractivity contribution >= 4 is 5.97 Å². The summed E-state index contributed by atoms with van der Waals surface area (Å²) in [5.74, 6) is -0.204. The lowest BCUT2D eigenvalue weighted by Gasteiger charge is -2.34. The molecule has 0 bridgehead atoms. The van der Waals surface area contributed by atoms with Crippen LogP contribution in [0, 0.1) is 0 Å². The highest BCUT2D eigenvalue weighted by atomic mass is 16.4. The Bertz CT molecular complexity index is 406. The number of aliphatic hydroxyl groups is 1. The van der Waals surface area contributed by atoms with Gasteiger partial charge < -0.3 is 14.8 Å². The Morgan fingerprint density at radius 2 is 2.24 bits per heavy atom. The van der Waals surface area contributed by atoms with Crippen molar-refractivity contribution < 1.29 is 15.0 Å². The second kappa shape index (κ2) is 4.49. The largest absolute Gasteiger partial charge is 0.480 e. The quantitative estimate of drug-likeness (QED) is 0.828. The molecular weight excluding hydrogens is 220 g/mol. The molecule has 2 rings (SSSR count). The summed E-state index contributed by atoms with van der Waals surface area (Å²) in [6, 6.07) is 0. The van der Waals surface area contributed by atoms with Gasteiger partial charge in [-0.2, -0.15) is 0 Å². The lowest BCUT2D eigenvalue weighted by molar-refractivity contribution is -0.146. The average Bonchev–Trinajstić information content (AvgIpc) is 2.78. The summed E-state index contributed by atoms with van der Waals surface area (Å²) in [6.07, 6.45) is 5.07. The van der Waals surface area contributed by atoms with Gasteiger partial charge in [-0.15, -0.1) is 0 Å². The summed E-state index contributed by atoms with van der Waals surface area (Å²) in [5.41, 5.74) is -0.918. The predicted octanol–water partition coefficient (Wildman–Crippen LogP) is 1.16. The molecule has 1 saturated carbocycles. The summed E-state index contributed by atoms with van der Waals surface area (Å²) < 4.78 is 1.88. The minimum Gasteiger partial charge on any atom is -0.480 e. The molecule has 1 aromatic rings. The number of rotatable bonds is 3. The minimum absolute atomic E-state index is 0.368. The van der Waals surface area contributed by atoms with Gasteiger partial charge in [-0.05, 0) is 32.6 Å². The van der Waals surface area contributed by atoms with Crippen molar-refractivity contribution in [3.05, 3.63) is 18.2 Å². The third kappa shape index (κ3) is 1.95. The van der Waals surface area contributed by atoms with Crippen molar-refractivity contribution in [1.82, 2.24) is 9.55 Å². The number of imidazole rings is 1. The standard InChI is InChI=1S/C12H18N2O3/c1-2-14-8-7-13-10(14)12(11(16)17)5-3-9(15)4-6-12/h7-9,15H,2-6H2,1H3,(H,16,17). The van der Waals surface area contributed by atoms with Gasteiger partial charge >= 0.3 is 5.97 Å². The first-order valence-corrected chi connectivity index (χ1v) is 6.03. The van der Waals surface area contributed by atoms with Crippen LogP contribution in [-0.4, -0.2) is 31.8 Å². The molecule has 2 N–H and O–H groups in total. The number of nitrogens with zero attached hydrogens (tertiary/aromatic N) is 2. The summed E-state index contributed by atoms with van der Waals surface area (Å²) in [6.45, 7) is 2.69. The Morgan fingerprint density at radius 1 is 1.59 bits per heavy atom. The van der Waals surface area contributed by atoms with E-state index in [0.29, 0.717) is 38.1 Å². The Labute approximate surface area is 100 Å². The normalized spacial score (nSPS) is 29.2. The number of carboxylic acid groups (broad SMARTS) is 1. The molecule has 5 heteroatoms. The molecule has 0 saturated heterocycles. The number of aliphatic hydroxyl groups excluding tert-OH is 1. The maximum absolute atomic E-state index is 11.6. The monoisotopic (exact) mass is 238 g/mol. The van der Waals surface area contributed by atoms with Crippen LogP contribution in [0.5, 0.6) is 0 Å². The van der Waals surface area contributed by atoms with Gasteiger partial charge in [0.25, 0.3) is 0 Å². The van der Waals surface area contributed by atoms with Gasteiger partial charge in [0, 0.05) is 18.9 Å². The number of carbonyl (C=O) groups is 1. The first-order chi connectivity index (χ1) is 8.10. The molecule has 1 aliphatic carbocycles. The molecule has 1 heterocycles. The number of aromatic nitrogens is 2. The number of aliphatic carboxylic acids is 1. The first-order valence-electron chi connectivity index (χ1n) is 6.03. The lowest BCUT2D eigenvalue weighted by atomic mass is 9.72. The highest BCUT2D eigenvalue weighted by molar-refractivity contribution is 5.80. The van der Waals surface area contributed by atoms with E-state index >= 15 is 0 Å². The van der Waals surface area contributed by atoms with Crippen LogP contribution in [0.4, 0.5) is 0 Å². The molecule has 94 valence electrons. The van der Waals surface area contributed by atoms with Crippen molar-refractivity contribution in [2.24, 2.45) is 0 Å². The van der Waals surface area contributed by atoms with Crippen LogP contribution in [0.2, 0.25) is 0 Å². The van der Waals surface area contributed by atoms with Crippen LogP contribution in [-0.2, 0) is 16.8 Å². The van der Waals surface area contributed by atoms with Crippen LogP contribution < -0.4 is 0 Å². The zero-order chi connectivity index (χ0) is 12.5. The molecule has 0 spiro atoms. The third-order valence-electron chi connectivity index (χ3n) is 3.70. The van der Waals surface area contributed by atoms with E-state index in [0.717, 1.165) is 0 Å². The second-order valence-corrected chi connectivity index (χ2v) is 4.66. The average molecular weight is 238 g/mol. The maximum atomic E-state index is 11.6. The molecule has 1 aromatic heterocycles. The zero-order valence-electron chi connectivity index (χ0n) is 9.96. The van der Waals surface area contributed by atoms with E-state index in [1.807, 2.05) is 17.7 Å². The molecule has 17 heavy (non-hydrogen) atoms. The Morgan fingerprint density at radius 3 is 2.76 bits per heavy atom. The zero-order valence-corrected chi connectivity index (χ0v) is 9.96. The van der Waals surface area contributed by atoms with Gasteiger partial charge in [0.1, 0.15) is 11.2 Å². The van der Waals surface area contributed by atoms with E-state index in [1.54, 1.807) is 6.20 Å². The van der Waals surface area contributed by atoms with E-state index in [2.05, 4.69) is 4.98 Å². The predicted molar refractivity (Wildman–Crippen MR) is 61.7 cm³/mol. The van der Waals surface area contributed by atoms with Crippen molar-refractivity contribution in [3.63, 3.8) is 0 Å². The molecule has 0 radical (unpaired) electrons. The Balaban J connectivity index is 2.38. The molecule has 0 amide bonds. The molecule has 0 unspecified atom stereocenters. The molecule has 0 atom stereocenters. The van der Waals surface area contributed by atoms with Gasteiger partial charge in [-0.25, -0.2) is 4.98 Å². The fraction of sp³-hybridized carbons (Fsp3) is 0.667. The molecular formula is C12H18N2O3. The van der Waals surface area contributed by atoms with Crippen molar-refractivity contribution in [3.8, 4) is 0 Å². The van der Waals surface area contributed by atoms with Gasteiger partial charge in [-0.1, -0.05) is 0 Å². The van der Waals surface area contributed by atoms with E-state index in [9.17, 15) is 15.0 Å². The summed E-state index contributed by atoms with van der Waals surface area (Å²) in [5, 5.41) is 19.1. The lowest BCUT2D eigenvalue weighted by Crippen LogP contribution is -2.43. The molecule has 1 fully saturated rings. The van der Waals surface area contributed by atoms with E-state index in [4.69, 9.17) is 0 Å². The number of aryl methyl sites for hydroxylation is 1. The Hall–Kier alpha value is -1.36. The molecule has 1 aliphatic rings. The van der Waals surface area contributed by atoms with Crippen LogP contribution in [0.15, 0.2) is 12.4 Å². The smallest absolute Gasteiger partial charge is 0.317 e. The molecule has 0 aromatic carbocycles. The van der Waals surface area contributed by atoms with Crippen LogP contribution in [0.1, 0.15) is 38.4 Å². The van der Waals surface area contributed by atoms with Crippen molar-refractivity contribution in [1.29, 1.82) is 0 Å². The third-order valence-corrected chi connectivity index (χ3v) is 3.70. The first kappa shape index (κ1) is 12.1. The van der Waals surface area contributed by atoms with Gasteiger partial charge in [-0.3, -0.25) is 4.79 Å². The fourth-order valence-electron chi connectivity index (χ4n) is 2.61. The van der Waals surface area contributed by atoms with E-state index in [1.165, 1.54) is 0 Å². The maximum Gasteiger partial charge on any atom is 0.317 e. The minimum atomic E-state index is -0.918. The number of hydrogen-bond acceptors (Lipinski definition) is 3. The molecule has 5 nitrogen and oxygen atoms in total. The van der Waals surface area contributed by atoms with Crippen molar-refractivity contribution in [2.75, 3.05) is 0 Å². The fourth-order valence-corrected chi connectivity index (χ4v) is 2.61. The van der Waals surface area contributed by atoms with Gasteiger partial charge in [0.2, 0.25) is 0 Å². The summed E-state index contributed by atoms with van der Waals surface area (Å²) in [4.78, 5) is 15.8. The topological polar surface area (TPSA) is 75.4 Å². The van der Waals surface area contributed by atoms with Gasteiger partial charge in [0.05, 0.1) is 6.10 Å². The number of hydrogen-bond donors (Lipinski definition) is 2. The van der Waals surface area contributed by atoms with E-state index in [-0.39, 0.29) is 6.10 Å².